The van der Waals surface area contributed by atoms with Crippen molar-refractivity contribution < 1.29 is 0 Å². The van der Waals surface area contributed by atoms with E-state index < -0.39 is 0 Å². The Hall–Kier alpha value is -1.94. The zero-order chi connectivity index (χ0) is 19.8. The third kappa shape index (κ3) is 6.30. The van der Waals surface area contributed by atoms with Crippen LogP contribution in [-0.4, -0.2) is 20.1 Å². The zero-order valence-corrected chi connectivity index (χ0v) is 18.1. The molecule has 4 heteroatoms. The summed E-state index contributed by atoms with van der Waals surface area (Å²) < 4.78 is 0. The minimum Gasteiger partial charge on any atom is -0.375 e. The molecule has 3 aromatic rings. The summed E-state index contributed by atoms with van der Waals surface area (Å²) in [6.45, 7) is 4.98. The standard InChI is InChI=1S/C24H27ClN2S/c1-19-15-21(25)17-23(16-19)28-24-12-7-6-9-20(24)18-26-13-8-14-27(2)22-10-4-3-5-11-22/h3-7,9-12,15-17,26H,8,13-14,18H2,1-2H3. The Morgan fingerprint density at radius 2 is 1.71 bits per heavy atom. The Morgan fingerprint density at radius 1 is 0.964 bits per heavy atom. The number of hydrogen-bond acceptors (Lipinski definition) is 3. The molecule has 0 aliphatic carbocycles. The third-order valence-electron chi connectivity index (χ3n) is 4.58. The van der Waals surface area contributed by atoms with Gasteiger partial charge in [-0.05, 0) is 67.4 Å². The lowest BCUT2D eigenvalue weighted by Gasteiger charge is -2.19. The molecule has 0 saturated heterocycles. The van der Waals surface area contributed by atoms with Gasteiger partial charge in [-0.1, -0.05) is 59.8 Å². The summed E-state index contributed by atoms with van der Waals surface area (Å²) in [6.07, 6.45) is 1.11. The van der Waals surface area contributed by atoms with E-state index in [2.05, 4.69) is 84.9 Å². The van der Waals surface area contributed by atoms with Gasteiger partial charge in [-0.25, -0.2) is 0 Å². The maximum atomic E-state index is 6.21. The lowest BCUT2D eigenvalue weighted by Crippen LogP contribution is -2.23. The van der Waals surface area contributed by atoms with Crippen LogP contribution >= 0.6 is 23.4 Å². The van der Waals surface area contributed by atoms with Crippen LogP contribution in [0, 0.1) is 6.92 Å². The molecule has 0 spiro atoms. The van der Waals surface area contributed by atoms with E-state index in [0.29, 0.717) is 0 Å². The van der Waals surface area contributed by atoms with Gasteiger partial charge in [0, 0.05) is 40.6 Å². The van der Waals surface area contributed by atoms with Crippen LogP contribution < -0.4 is 10.2 Å². The molecule has 0 aliphatic rings. The van der Waals surface area contributed by atoms with Gasteiger partial charge in [0.05, 0.1) is 0 Å². The number of para-hydroxylation sites is 1. The summed E-state index contributed by atoms with van der Waals surface area (Å²) in [5.74, 6) is 0. The summed E-state index contributed by atoms with van der Waals surface area (Å²) in [5.41, 5.74) is 3.77. The molecule has 0 bridgehead atoms. The predicted molar refractivity (Wildman–Crippen MR) is 123 cm³/mol. The Labute approximate surface area is 177 Å². The van der Waals surface area contributed by atoms with Gasteiger partial charge in [0.15, 0.2) is 0 Å². The van der Waals surface area contributed by atoms with Crippen molar-refractivity contribution in [3.05, 3.63) is 88.9 Å². The minimum absolute atomic E-state index is 0.792. The molecule has 0 atom stereocenters. The number of rotatable bonds is 9. The Balaban J connectivity index is 1.50. The number of halogens is 1. The molecule has 146 valence electrons. The highest BCUT2D eigenvalue weighted by molar-refractivity contribution is 7.99. The van der Waals surface area contributed by atoms with E-state index >= 15 is 0 Å². The van der Waals surface area contributed by atoms with E-state index in [4.69, 9.17) is 11.6 Å². The highest BCUT2D eigenvalue weighted by Crippen LogP contribution is 2.32. The van der Waals surface area contributed by atoms with Crippen molar-refractivity contribution in [3.8, 4) is 0 Å². The van der Waals surface area contributed by atoms with Gasteiger partial charge in [0.1, 0.15) is 0 Å². The van der Waals surface area contributed by atoms with Crippen molar-refractivity contribution >= 4 is 29.1 Å². The fraction of sp³-hybridized carbons (Fsp3) is 0.250. The molecule has 0 amide bonds. The van der Waals surface area contributed by atoms with Crippen LogP contribution in [0.25, 0.3) is 0 Å². The summed E-state index contributed by atoms with van der Waals surface area (Å²) >= 11 is 7.99. The molecule has 0 radical (unpaired) electrons. The van der Waals surface area contributed by atoms with Gasteiger partial charge in [0.25, 0.3) is 0 Å². The van der Waals surface area contributed by atoms with Crippen molar-refractivity contribution in [2.24, 2.45) is 0 Å². The highest BCUT2D eigenvalue weighted by Gasteiger charge is 2.06. The largest absolute Gasteiger partial charge is 0.375 e. The van der Waals surface area contributed by atoms with Crippen LogP contribution in [0.3, 0.4) is 0 Å². The SMILES string of the molecule is Cc1cc(Cl)cc(Sc2ccccc2CNCCCN(C)c2ccccc2)c1. The first kappa shape index (κ1) is 20.8. The van der Waals surface area contributed by atoms with E-state index in [9.17, 15) is 0 Å². The topological polar surface area (TPSA) is 15.3 Å². The molecule has 3 rings (SSSR count). The van der Waals surface area contributed by atoms with Crippen LogP contribution in [0.1, 0.15) is 17.5 Å². The molecule has 0 heterocycles. The Bertz CT molecular complexity index is 863. The monoisotopic (exact) mass is 410 g/mol. The van der Waals surface area contributed by atoms with Crippen LogP contribution in [0.5, 0.6) is 0 Å². The van der Waals surface area contributed by atoms with Crippen molar-refractivity contribution in [3.63, 3.8) is 0 Å². The second kappa shape index (κ2) is 10.6. The van der Waals surface area contributed by atoms with Crippen LogP contribution in [0.4, 0.5) is 5.69 Å². The molecule has 1 N–H and O–H groups in total. The second-order valence-corrected chi connectivity index (χ2v) is 8.51. The fourth-order valence-corrected chi connectivity index (χ4v) is 4.57. The van der Waals surface area contributed by atoms with Gasteiger partial charge in [-0.2, -0.15) is 0 Å². The summed E-state index contributed by atoms with van der Waals surface area (Å²) in [7, 11) is 2.15. The molecule has 0 saturated carbocycles. The molecular weight excluding hydrogens is 384 g/mol. The van der Waals surface area contributed by atoms with Crippen LogP contribution in [0.15, 0.2) is 82.6 Å². The van der Waals surface area contributed by atoms with E-state index in [1.807, 2.05) is 12.1 Å². The van der Waals surface area contributed by atoms with E-state index in [-0.39, 0.29) is 0 Å². The van der Waals surface area contributed by atoms with E-state index in [1.165, 1.54) is 26.6 Å². The first-order valence-electron chi connectivity index (χ1n) is 9.62. The first-order valence-corrected chi connectivity index (χ1v) is 10.8. The highest BCUT2D eigenvalue weighted by atomic mass is 35.5. The number of nitrogens with one attached hydrogen (secondary N) is 1. The van der Waals surface area contributed by atoms with E-state index in [0.717, 1.165) is 31.1 Å². The molecule has 0 aromatic heterocycles. The normalized spacial score (nSPS) is 10.8. The zero-order valence-electron chi connectivity index (χ0n) is 16.5. The lowest BCUT2D eigenvalue weighted by atomic mass is 10.2. The number of benzene rings is 3. The Morgan fingerprint density at radius 3 is 2.50 bits per heavy atom. The number of nitrogens with zero attached hydrogens (tertiary/aromatic N) is 1. The smallest absolute Gasteiger partial charge is 0.0419 e. The van der Waals surface area contributed by atoms with Crippen molar-refractivity contribution in [1.82, 2.24) is 5.32 Å². The fourth-order valence-electron chi connectivity index (χ4n) is 3.11. The average Bonchev–Trinajstić information content (AvgIpc) is 2.68. The maximum Gasteiger partial charge on any atom is 0.0419 e. The summed E-state index contributed by atoms with van der Waals surface area (Å²) in [5, 5.41) is 4.38. The van der Waals surface area contributed by atoms with Gasteiger partial charge < -0.3 is 10.2 Å². The number of anilines is 1. The molecule has 0 aliphatic heterocycles. The third-order valence-corrected chi connectivity index (χ3v) is 5.88. The lowest BCUT2D eigenvalue weighted by molar-refractivity contribution is 0.641. The van der Waals surface area contributed by atoms with Gasteiger partial charge in [0.2, 0.25) is 0 Å². The minimum atomic E-state index is 0.792. The predicted octanol–water partition coefficient (Wildman–Crippen LogP) is 6.42. The molecule has 0 fully saturated rings. The van der Waals surface area contributed by atoms with Gasteiger partial charge in [-0.15, -0.1) is 0 Å². The molecule has 28 heavy (non-hydrogen) atoms. The van der Waals surface area contributed by atoms with Crippen molar-refractivity contribution in [2.75, 3.05) is 25.0 Å². The quantitative estimate of drug-likeness (QED) is 0.410. The molecule has 2 nitrogen and oxygen atoms in total. The first-order chi connectivity index (χ1) is 13.6. The summed E-state index contributed by atoms with van der Waals surface area (Å²) in [6, 6.07) is 25.3. The van der Waals surface area contributed by atoms with Gasteiger partial charge in [-0.3, -0.25) is 0 Å². The Kier molecular flexibility index (Phi) is 7.84. The average molecular weight is 411 g/mol. The number of aryl methyl sites for hydroxylation is 1. The van der Waals surface area contributed by atoms with Crippen molar-refractivity contribution in [1.29, 1.82) is 0 Å². The van der Waals surface area contributed by atoms with Crippen LogP contribution in [-0.2, 0) is 6.54 Å². The summed E-state index contributed by atoms with van der Waals surface area (Å²) in [4.78, 5) is 4.76. The molecular formula is C24H27ClN2S. The maximum absolute atomic E-state index is 6.21. The molecule has 0 unspecified atom stereocenters. The van der Waals surface area contributed by atoms with E-state index in [1.54, 1.807) is 11.8 Å². The van der Waals surface area contributed by atoms with Crippen LogP contribution in [0.2, 0.25) is 5.02 Å². The van der Waals surface area contributed by atoms with Crippen molar-refractivity contribution in [2.45, 2.75) is 29.7 Å². The number of hydrogen-bond donors (Lipinski definition) is 1. The van der Waals surface area contributed by atoms with Gasteiger partial charge >= 0.3 is 0 Å². The second-order valence-electron chi connectivity index (χ2n) is 6.96. The molecule has 3 aromatic carbocycles.